The number of halogens is 1. The Balaban J connectivity index is 2.08. The quantitative estimate of drug-likeness (QED) is 0.458. The first-order valence-electron chi connectivity index (χ1n) is 8.79. The second-order valence-electron chi connectivity index (χ2n) is 6.38. The maximum Gasteiger partial charge on any atom is 0.0851 e. The molecule has 1 fully saturated rings. The van der Waals surface area contributed by atoms with Crippen LogP contribution in [0.15, 0.2) is 10.6 Å². The van der Waals surface area contributed by atoms with E-state index >= 15 is 0 Å². The summed E-state index contributed by atoms with van der Waals surface area (Å²) < 4.78 is 1.04. The highest BCUT2D eigenvalue weighted by molar-refractivity contribution is 9.11. The molecule has 1 saturated carbocycles. The lowest BCUT2D eigenvalue weighted by Gasteiger charge is -2.20. The number of hydrogen-bond donors (Lipinski definition) is 1. The van der Waals surface area contributed by atoms with Gasteiger partial charge in [0.2, 0.25) is 0 Å². The Morgan fingerprint density at radius 3 is 2.30 bits per heavy atom. The third-order valence-electron chi connectivity index (χ3n) is 4.44. The van der Waals surface area contributed by atoms with E-state index in [1.807, 2.05) is 0 Å². The van der Waals surface area contributed by atoms with Gasteiger partial charge >= 0.3 is 0 Å². The summed E-state index contributed by atoms with van der Waals surface area (Å²) in [5, 5.41) is 10.2. The summed E-state index contributed by atoms with van der Waals surface area (Å²) >= 11 is 3.59. The van der Waals surface area contributed by atoms with Crippen molar-refractivity contribution < 1.29 is 5.11 Å². The van der Waals surface area contributed by atoms with E-state index in [-0.39, 0.29) is 6.10 Å². The van der Waals surface area contributed by atoms with Crippen molar-refractivity contribution in [3.8, 4) is 0 Å². The lowest BCUT2D eigenvalue weighted by Crippen LogP contribution is -2.10. The zero-order valence-corrected chi connectivity index (χ0v) is 14.8. The average molecular weight is 345 g/mol. The summed E-state index contributed by atoms with van der Waals surface area (Å²) in [6.45, 7) is 2.26. The van der Waals surface area contributed by atoms with Crippen molar-refractivity contribution in [3.63, 3.8) is 0 Å². The second kappa shape index (κ2) is 11.8. The van der Waals surface area contributed by atoms with Gasteiger partial charge in [-0.2, -0.15) is 0 Å². The molecule has 1 unspecified atom stereocenters. The van der Waals surface area contributed by atoms with Crippen molar-refractivity contribution >= 4 is 15.9 Å². The molecule has 0 spiro atoms. The number of hydrogen-bond acceptors (Lipinski definition) is 1. The SMILES string of the molecule is CCCCCCCCCC(O)/C(Br)=C/C1CCCCC1. The van der Waals surface area contributed by atoms with Gasteiger partial charge in [0.25, 0.3) is 0 Å². The van der Waals surface area contributed by atoms with Crippen LogP contribution in [-0.2, 0) is 0 Å². The monoisotopic (exact) mass is 344 g/mol. The fourth-order valence-corrected chi connectivity index (χ4v) is 3.67. The van der Waals surface area contributed by atoms with Crippen LogP contribution in [-0.4, -0.2) is 11.2 Å². The Kier molecular flexibility index (Phi) is 10.8. The molecular formula is C18H33BrO. The Morgan fingerprint density at radius 1 is 1.05 bits per heavy atom. The van der Waals surface area contributed by atoms with Gasteiger partial charge in [0.05, 0.1) is 6.10 Å². The van der Waals surface area contributed by atoms with Crippen LogP contribution in [0.25, 0.3) is 0 Å². The van der Waals surface area contributed by atoms with Crippen LogP contribution >= 0.6 is 15.9 Å². The first-order valence-corrected chi connectivity index (χ1v) is 9.58. The van der Waals surface area contributed by atoms with Crippen LogP contribution in [0.2, 0.25) is 0 Å². The van der Waals surface area contributed by atoms with Crippen molar-refractivity contribution in [1.82, 2.24) is 0 Å². The minimum atomic E-state index is -0.271. The average Bonchev–Trinajstić information content (AvgIpc) is 2.47. The van der Waals surface area contributed by atoms with E-state index in [9.17, 15) is 5.11 Å². The van der Waals surface area contributed by atoms with Crippen molar-refractivity contribution in [3.05, 3.63) is 10.6 Å². The molecule has 0 saturated heterocycles. The third-order valence-corrected chi connectivity index (χ3v) is 5.24. The minimum absolute atomic E-state index is 0.271. The smallest absolute Gasteiger partial charge is 0.0851 e. The molecule has 1 atom stereocenters. The zero-order chi connectivity index (χ0) is 14.6. The number of aliphatic hydroxyl groups excluding tert-OH is 1. The highest BCUT2D eigenvalue weighted by Gasteiger charge is 2.14. The summed E-state index contributed by atoms with van der Waals surface area (Å²) in [6.07, 6.45) is 18.8. The third kappa shape index (κ3) is 8.46. The van der Waals surface area contributed by atoms with E-state index < -0.39 is 0 Å². The van der Waals surface area contributed by atoms with Gasteiger partial charge in [-0.3, -0.25) is 0 Å². The Labute approximate surface area is 134 Å². The van der Waals surface area contributed by atoms with E-state index in [1.54, 1.807) is 0 Å². The molecule has 1 rings (SSSR count). The summed E-state index contributed by atoms with van der Waals surface area (Å²) in [7, 11) is 0. The van der Waals surface area contributed by atoms with Gasteiger partial charge in [-0.25, -0.2) is 0 Å². The second-order valence-corrected chi connectivity index (χ2v) is 7.29. The molecular weight excluding hydrogens is 312 g/mol. The van der Waals surface area contributed by atoms with Gasteiger partial charge in [-0.15, -0.1) is 0 Å². The van der Waals surface area contributed by atoms with Gasteiger partial charge in [-0.1, -0.05) is 93.1 Å². The number of allylic oxidation sites excluding steroid dienone is 1. The van der Waals surface area contributed by atoms with Crippen LogP contribution in [0.1, 0.15) is 90.4 Å². The lowest BCUT2D eigenvalue weighted by atomic mass is 9.88. The van der Waals surface area contributed by atoms with Gasteiger partial charge < -0.3 is 5.11 Å². The molecule has 1 aliphatic carbocycles. The molecule has 1 N–H and O–H groups in total. The van der Waals surface area contributed by atoms with Gasteiger partial charge in [-0.05, 0) is 25.2 Å². The maximum absolute atomic E-state index is 10.2. The minimum Gasteiger partial charge on any atom is -0.388 e. The summed E-state index contributed by atoms with van der Waals surface area (Å²) in [5.74, 6) is 0.696. The van der Waals surface area contributed by atoms with Crippen molar-refractivity contribution in [1.29, 1.82) is 0 Å². The molecule has 0 radical (unpaired) electrons. The number of unbranched alkanes of at least 4 members (excludes halogenated alkanes) is 6. The van der Waals surface area contributed by atoms with Crippen LogP contribution < -0.4 is 0 Å². The van der Waals surface area contributed by atoms with E-state index in [0.29, 0.717) is 5.92 Å². The molecule has 0 aliphatic heterocycles. The number of rotatable bonds is 10. The Morgan fingerprint density at radius 2 is 1.65 bits per heavy atom. The maximum atomic E-state index is 10.2. The molecule has 1 nitrogen and oxygen atoms in total. The predicted molar refractivity (Wildman–Crippen MR) is 92.2 cm³/mol. The molecule has 0 aromatic heterocycles. The molecule has 0 heterocycles. The van der Waals surface area contributed by atoms with Gasteiger partial charge in [0, 0.05) is 4.48 Å². The molecule has 0 aromatic carbocycles. The Bertz CT molecular complexity index is 256. The highest BCUT2D eigenvalue weighted by Crippen LogP contribution is 2.28. The molecule has 1 aliphatic rings. The molecule has 20 heavy (non-hydrogen) atoms. The molecule has 0 amide bonds. The molecule has 0 aromatic rings. The molecule has 0 bridgehead atoms. The first-order chi connectivity index (χ1) is 9.74. The van der Waals surface area contributed by atoms with Gasteiger partial charge in [0.1, 0.15) is 0 Å². The molecule has 2 heteroatoms. The molecule has 118 valence electrons. The highest BCUT2D eigenvalue weighted by atomic mass is 79.9. The van der Waals surface area contributed by atoms with E-state index in [4.69, 9.17) is 0 Å². The van der Waals surface area contributed by atoms with Gasteiger partial charge in [0.15, 0.2) is 0 Å². The van der Waals surface area contributed by atoms with E-state index in [2.05, 4.69) is 28.9 Å². The standard InChI is InChI=1S/C18H33BrO/c1-2-3-4-5-6-7-11-14-18(20)17(19)15-16-12-9-8-10-13-16/h15-16,18,20H,2-14H2,1H3/b17-15-. The zero-order valence-electron chi connectivity index (χ0n) is 13.2. The Hall–Kier alpha value is 0.180. The fraction of sp³-hybridized carbons (Fsp3) is 0.889. The largest absolute Gasteiger partial charge is 0.388 e. The fourth-order valence-electron chi connectivity index (χ4n) is 3.07. The van der Waals surface area contributed by atoms with Crippen LogP contribution in [0.3, 0.4) is 0 Å². The van der Waals surface area contributed by atoms with Crippen molar-refractivity contribution in [2.45, 2.75) is 96.5 Å². The van der Waals surface area contributed by atoms with E-state index in [1.165, 1.54) is 70.6 Å². The summed E-state index contributed by atoms with van der Waals surface area (Å²) in [4.78, 5) is 0. The van der Waals surface area contributed by atoms with Crippen LogP contribution in [0, 0.1) is 5.92 Å². The first kappa shape index (κ1) is 18.2. The summed E-state index contributed by atoms with van der Waals surface area (Å²) in [5.41, 5.74) is 0. The topological polar surface area (TPSA) is 20.2 Å². The lowest BCUT2D eigenvalue weighted by molar-refractivity contribution is 0.204. The number of aliphatic hydroxyl groups is 1. The van der Waals surface area contributed by atoms with E-state index in [0.717, 1.165) is 17.3 Å². The normalized spacial score (nSPS) is 19.2. The summed E-state index contributed by atoms with van der Waals surface area (Å²) in [6, 6.07) is 0. The van der Waals surface area contributed by atoms with Crippen LogP contribution in [0.5, 0.6) is 0 Å². The van der Waals surface area contributed by atoms with Crippen molar-refractivity contribution in [2.24, 2.45) is 5.92 Å². The van der Waals surface area contributed by atoms with Crippen LogP contribution in [0.4, 0.5) is 0 Å². The predicted octanol–water partition coefficient (Wildman–Crippen LogP) is 6.35. The van der Waals surface area contributed by atoms with Crippen molar-refractivity contribution in [2.75, 3.05) is 0 Å².